The van der Waals surface area contributed by atoms with E-state index in [0.717, 1.165) is 11.3 Å². The number of furan rings is 1. The molecule has 0 radical (unpaired) electrons. The molecule has 1 aromatic carbocycles. The molecule has 0 saturated carbocycles. The standard InChI is InChI=1S/C14H11FN2O2S/c1-9-11(6-7-18-9)13-16-17-14(19-13)20-8-10-4-2-3-5-12(10)15/h2-7H,8H2,1H3. The van der Waals surface area contributed by atoms with Gasteiger partial charge in [0.25, 0.3) is 11.1 Å². The number of hydrogen-bond acceptors (Lipinski definition) is 5. The zero-order chi connectivity index (χ0) is 13.9. The van der Waals surface area contributed by atoms with Crippen LogP contribution in [0.25, 0.3) is 11.5 Å². The highest BCUT2D eigenvalue weighted by Gasteiger charge is 2.13. The van der Waals surface area contributed by atoms with E-state index in [1.807, 2.05) is 6.92 Å². The molecule has 0 aliphatic carbocycles. The van der Waals surface area contributed by atoms with E-state index in [1.165, 1.54) is 17.8 Å². The lowest BCUT2D eigenvalue weighted by Gasteiger charge is -1.99. The zero-order valence-electron chi connectivity index (χ0n) is 10.7. The maximum Gasteiger partial charge on any atom is 0.277 e. The quantitative estimate of drug-likeness (QED) is 0.678. The van der Waals surface area contributed by atoms with E-state index in [9.17, 15) is 4.39 Å². The molecule has 6 heteroatoms. The predicted molar refractivity (Wildman–Crippen MR) is 72.7 cm³/mol. The third kappa shape index (κ3) is 2.60. The Bertz CT molecular complexity index is 723. The Morgan fingerprint density at radius 3 is 2.80 bits per heavy atom. The Morgan fingerprint density at radius 2 is 2.05 bits per heavy atom. The van der Waals surface area contributed by atoms with Crippen LogP contribution in [-0.4, -0.2) is 10.2 Å². The van der Waals surface area contributed by atoms with Gasteiger partial charge in [0, 0.05) is 5.75 Å². The molecular weight excluding hydrogens is 279 g/mol. The van der Waals surface area contributed by atoms with Gasteiger partial charge in [0.2, 0.25) is 0 Å². The number of nitrogens with zero attached hydrogens (tertiary/aromatic N) is 2. The van der Waals surface area contributed by atoms with Crippen LogP contribution in [0, 0.1) is 12.7 Å². The SMILES string of the molecule is Cc1occc1-c1nnc(SCc2ccccc2F)o1. The van der Waals surface area contributed by atoms with Crippen molar-refractivity contribution in [2.45, 2.75) is 17.9 Å². The van der Waals surface area contributed by atoms with Crippen molar-refractivity contribution in [1.29, 1.82) is 0 Å². The van der Waals surface area contributed by atoms with Crippen molar-refractivity contribution >= 4 is 11.8 Å². The van der Waals surface area contributed by atoms with Crippen LogP contribution in [0.2, 0.25) is 0 Å². The molecule has 0 aliphatic rings. The van der Waals surface area contributed by atoms with E-state index in [0.29, 0.717) is 22.4 Å². The van der Waals surface area contributed by atoms with E-state index in [1.54, 1.807) is 30.5 Å². The monoisotopic (exact) mass is 290 g/mol. The minimum absolute atomic E-state index is 0.231. The fraction of sp³-hybridized carbons (Fsp3) is 0.143. The summed E-state index contributed by atoms with van der Waals surface area (Å²) in [6.45, 7) is 1.83. The first kappa shape index (κ1) is 12.9. The number of rotatable bonds is 4. The lowest BCUT2D eigenvalue weighted by Crippen LogP contribution is -1.86. The van der Waals surface area contributed by atoms with Crippen LogP contribution in [0.5, 0.6) is 0 Å². The van der Waals surface area contributed by atoms with Crippen molar-refractivity contribution in [3.8, 4) is 11.5 Å². The molecule has 0 amide bonds. The molecule has 102 valence electrons. The molecule has 0 N–H and O–H groups in total. The van der Waals surface area contributed by atoms with Crippen LogP contribution >= 0.6 is 11.8 Å². The third-order valence-corrected chi connectivity index (χ3v) is 3.67. The average molecular weight is 290 g/mol. The normalized spacial score (nSPS) is 10.9. The minimum atomic E-state index is -0.231. The summed E-state index contributed by atoms with van der Waals surface area (Å²) >= 11 is 1.30. The van der Waals surface area contributed by atoms with Crippen LogP contribution in [-0.2, 0) is 5.75 Å². The zero-order valence-corrected chi connectivity index (χ0v) is 11.5. The Balaban J connectivity index is 1.72. The fourth-order valence-electron chi connectivity index (χ4n) is 1.74. The molecule has 0 fully saturated rings. The molecule has 0 spiro atoms. The Labute approximate surface area is 119 Å². The second-order valence-electron chi connectivity index (χ2n) is 4.14. The summed E-state index contributed by atoms with van der Waals surface area (Å²) in [7, 11) is 0. The Morgan fingerprint density at radius 1 is 1.20 bits per heavy atom. The van der Waals surface area contributed by atoms with Crippen molar-refractivity contribution in [1.82, 2.24) is 10.2 Å². The van der Waals surface area contributed by atoms with Crippen molar-refractivity contribution in [3.63, 3.8) is 0 Å². The van der Waals surface area contributed by atoms with Gasteiger partial charge in [-0.3, -0.25) is 0 Å². The van der Waals surface area contributed by atoms with Crippen molar-refractivity contribution in [2.24, 2.45) is 0 Å². The molecule has 20 heavy (non-hydrogen) atoms. The van der Waals surface area contributed by atoms with Crippen LogP contribution in [0.1, 0.15) is 11.3 Å². The summed E-state index contributed by atoms with van der Waals surface area (Å²) in [6.07, 6.45) is 1.57. The summed E-state index contributed by atoms with van der Waals surface area (Å²) in [6, 6.07) is 8.40. The molecule has 0 saturated heterocycles. The van der Waals surface area contributed by atoms with Crippen LogP contribution < -0.4 is 0 Å². The van der Waals surface area contributed by atoms with Gasteiger partial charge in [-0.25, -0.2) is 4.39 Å². The number of hydrogen-bond donors (Lipinski definition) is 0. The van der Waals surface area contributed by atoms with Gasteiger partial charge in [-0.15, -0.1) is 10.2 Å². The number of halogens is 1. The minimum Gasteiger partial charge on any atom is -0.469 e. The lowest BCUT2D eigenvalue weighted by atomic mass is 10.2. The lowest BCUT2D eigenvalue weighted by molar-refractivity contribution is 0.463. The van der Waals surface area contributed by atoms with Gasteiger partial charge in [0.05, 0.1) is 11.8 Å². The fourth-order valence-corrected chi connectivity index (χ4v) is 2.49. The Kier molecular flexibility index (Phi) is 3.56. The summed E-state index contributed by atoms with van der Waals surface area (Å²) in [5.74, 6) is 1.34. The van der Waals surface area contributed by atoms with E-state index >= 15 is 0 Å². The molecule has 2 heterocycles. The van der Waals surface area contributed by atoms with E-state index in [4.69, 9.17) is 8.83 Å². The maximum absolute atomic E-state index is 13.5. The average Bonchev–Trinajstić information content (AvgIpc) is 3.06. The molecule has 3 aromatic rings. The summed E-state index contributed by atoms with van der Waals surface area (Å²) in [5.41, 5.74) is 1.38. The highest BCUT2D eigenvalue weighted by molar-refractivity contribution is 7.98. The van der Waals surface area contributed by atoms with Gasteiger partial charge in [0.15, 0.2) is 0 Å². The second-order valence-corrected chi connectivity index (χ2v) is 5.07. The van der Waals surface area contributed by atoms with Crippen LogP contribution in [0.4, 0.5) is 4.39 Å². The summed E-state index contributed by atoms with van der Waals surface area (Å²) in [4.78, 5) is 0. The predicted octanol–water partition coefficient (Wildman–Crippen LogP) is 4.07. The van der Waals surface area contributed by atoms with E-state index in [-0.39, 0.29) is 5.82 Å². The smallest absolute Gasteiger partial charge is 0.277 e. The largest absolute Gasteiger partial charge is 0.469 e. The topological polar surface area (TPSA) is 52.1 Å². The van der Waals surface area contributed by atoms with Gasteiger partial charge in [0.1, 0.15) is 11.6 Å². The van der Waals surface area contributed by atoms with Gasteiger partial charge < -0.3 is 8.83 Å². The molecule has 0 atom stereocenters. The number of benzene rings is 1. The number of aryl methyl sites for hydroxylation is 1. The molecule has 0 aliphatic heterocycles. The van der Waals surface area contributed by atoms with E-state index < -0.39 is 0 Å². The molecule has 0 unspecified atom stereocenters. The first-order valence-electron chi connectivity index (χ1n) is 5.98. The van der Waals surface area contributed by atoms with Gasteiger partial charge in [-0.2, -0.15) is 0 Å². The van der Waals surface area contributed by atoms with Crippen molar-refractivity contribution in [2.75, 3.05) is 0 Å². The van der Waals surface area contributed by atoms with Gasteiger partial charge in [-0.05, 0) is 24.6 Å². The summed E-state index contributed by atoms with van der Waals surface area (Å²) in [5, 5.41) is 8.31. The molecule has 4 nitrogen and oxygen atoms in total. The van der Waals surface area contributed by atoms with Crippen LogP contribution in [0.15, 0.2) is 50.7 Å². The molecular formula is C14H11FN2O2S. The van der Waals surface area contributed by atoms with E-state index in [2.05, 4.69) is 10.2 Å². The number of thioether (sulfide) groups is 1. The molecule has 0 bridgehead atoms. The second kappa shape index (κ2) is 5.50. The van der Waals surface area contributed by atoms with Gasteiger partial charge in [-0.1, -0.05) is 30.0 Å². The first-order chi connectivity index (χ1) is 9.74. The highest BCUT2D eigenvalue weighted by atomic mass is 32.2. The molecule has 3 rings (SSSR count). The first-order valence-corrected chi connectivity index (χ1v) is 6.97. The maximum atomic E-state index is 13.5. The molecule has 2 aromatic heterocycles. The Hall–Kier alpha value is -2.08. The number of aromatic nitrogens is 2. The van der Waals surface area contributed by atoms with Crippen LogP contribution in [0.3, 0.4) is 0 Å². The summed E-state index contributed by atoms with van der Waals surface area (Å²) < 4.78 is 24.2. The highest BCUT2D eigenvalue weighted by Crippen LogP contribution is 2.28. The van der Waals surface area contributed by atoms with Crippen molar-refractivity contribution in [3.05, 3.63) is 53.7 Å². The van der Waals surface area contributed by atoms with Crippen molar-refractivity contribution < 1.29 is 13.2 Å². The third-order valence-electron chi connectivity index (χ3n) is 2.80. The van der Waals surface area contributed by atoms with Gasteiger partial charge >= 0.3 is 0 Å².